The average molecular weight is 324 g/mol. The van der Waals surface area contributed by atoms with E-state index in [0.717, 1.165) is 35.9 Å². The molecule has 19 heavy (non-hydrogen) atoms. The molecule has 1 aliphatic rings. The molecule has 5 nitrogen and oxygen atoms in total. The van der Waals surface area contributed by atoms with Crippen molar-refractivity contribution in [2.24, 2.45) is 0 Å². The van der Waals surface area contributed by atoms with E-state index in [1.165, 1.54) is 0 Å². The smallest absolute Gasteiger partial charge is 0.357 e. The Morgan fingerprint density at radius 3 is 2.84 bits per heavy atom. The largest absolute Gasteiger partial charge is 0.476 e. The van der Waals surface area contributed by atoms with Gasteiger partial charge in [0, 0.05) is 9.86 Å². The molecule has 0 radical (unpaired) electrons. The summed E-state index contributed by atoms with van der Waals surface area (Å²) in [6.45, 7) is 1.90. The lowest BCUT2D eigenvalue weighted by Gasteiger charge is -2.23. The van der Waals surface area contributed by atoms with Crippen molar-refractivity contribution in [3.05, 3.63) is 28.4 Å². The maximum absolute atomic E-state index is 11.3. The van der Waals surface area contributed by atoms with Crippen LogP contribution in [0, 0.1) is 0 Å². The molecule has 0 unspecified atom stereocenters. The maximum atomic E-state index is 11.3. The fourth-order valence-corrected chi connectivity index (χ4v) is 2.96. The van der Waals surface area contributed by atoms with Gasteiger partial charge in [-0.3, -0.25) is 4.68 Å². The molecule has 1 aromatic heterocycles. The van der Waals surface area contributed by atoms with E-state index in [4.69, 9.17) is 0 Å². The van der Waals surface area contributed by atoms with Gasteiger partial charge < -0.3 is 10.4 Å². The first-order chi connectivity index (χ1) is 9.16. The quantitative estimate of drug-likeness (QED) is 0.890. The van der Waals surface area contributed by atoms with Gasteiger partial charge in [-0.25, -0.2) is 4.79 Å². The standard InChI is InChI=1S/C13H14BrN3O2/c14-8-1-2-11-10(7-8)12(13(18)19)16-17(11)9-3-5-15-6-4-9/h1-2,7,9,15H,3-6H2,(H,18,19). The van der Waals surface area contributed by atoms with Crippen LogP contribution in [0.2, 0.25) is 0 Å². The number of benzene rings is 1. The molecule has 1 saturated heterocycles. The van der Waals surface area contributed by atoms with Crippen LogP contribution in [0.1, 0.15) is 29.4 Å². The van der Waals surface area contributed by atoms with Crippen LogP contribution in [0.3, 0.4) is 0 Å². The minimum atomic E-state index is -0.976. The molecule has 0 saturated carbocycles. The Morgan fingerprint density at radius 1 is 1.42 bits per heavy atom. The first-order valence-corrected chi connectivity index (χ1v) is 7.08. The number of carbonyl (C=O) groups is 1. The molecule has 0 bridgehead atoms. The Hall–Kier alpha value is -1.40. The van der Waals surface area contributed by atoms with Gasteiger partial charge in [0.25, 0.3) is 0 Å². The number of rotatable bonds is 2. The number of aromatic nitrogens is 2. The number of halogens is 1. The summed E-state index contributed by atoms with van der Waals surface area (Å²) < 4.78 is 2.75. The SMILES string of the molecule is O=C(O)c1nn(C2CCNCC2)c2ccc(Br)cc12. The summed E-state index contributed by atoms with van der Waals surface area (Å²) in [5, 5.41) is 17.6. The molecule has 2 heterocycles. The van der Waals surface area contributed by atoms with Crippen LogP contribution < -0.4 is 5.32 Å². The molecule has 3 rings (SSSR count). The fraction of sp³-hybridized carbons (Fsp3) is 0.385. The molecular weight excluding hydrogens is 310 g/mol. The van der Waals surface area contributed by atoms with Gasteiger partial charge in [0.15, 0.2) is 5.69 Å². The van der Waals surface area contributed by atoms with E-state index in [1.54, 1.807) is 0 Å². The lowest BCUT2D eigenvalue weighted by atomic mass is 10.1. The molecular formula is C13H14BrN3O2. The van der Waals surface area contributed by atoms with E-state index in [0.29, 0.717) is 5.39 Å². The molecule has 6 heteroatoms. The summed E-state index contributed by atoms with van der Waals surface area (Å²) in [5.74, 6) is -0.976. The molecule has 2 aromatic rings. The number of fused-ring (bicyclic) bond motifs is 1. The second kappa shape index (κ2) is 4.94. The van der Waals surface area contributed by atoms with Crippen molar-refractivity contribution in [3.8, 4) is 0 Å². The monoisotopic (exact) mass is 323 g/mol. The van der Waals surface area contributed by atoms with Crippen LogP contribution in [0.15, 0.2) is 22.7 Å². The number of nitrogens with one attached hydrogen (secondary N) is 1. The van der Waals surface area contributed by atoms with Crippen molar-refractivity contribution >= 4 is 32.8 Å². The van der Waals surface area contributed by atoms with E-state index in [2.05, 4.69) is 26.3 Å². The third kappa shape index (κ3) is 2.26. The van der Waals surface area contributed by atoms with Crippen molar-refractivity contribution in [2.45, 2.75) is 18.9 Å². The number of carboxylic acid groups (broad SMARTS) is 1. The van der Waals surface area contributed by atoms with Crippen molar-refractivity contribution < 1.29 is 9.90 Å². The molecule has 100 valence electrons. The number of nitrogens with zero attached hydrogens (tertiary/aromatic N) is 2. The molecule has 1 fully saturated rings. The minimum Gasteiger partial charge on any atom is -0.476 e. The zero-order chi connectivity index (χ0) is 13.4. The first kappa shape index (κ1) is 12.6. The van der Waals surface area contributed by atoms with Crippen molar-refractivity contribution in [1.82, 2.24) is 15.1 Å². The van der Waals surface area contributed by atoms with Gasteiger partial charge in [-0.05, 0) is 44.1 Å². The number of aromatic carboxylic acids is 1. The van der Waals surface area contributed by atoms with E-state index in [1.807, 2.05) is 22.9 Å². The predicted molar refractivity (Wildman–Crippen MR) is 75.5 cm³/mol. The first-order valence-electron chi connectivity index (χ1n) is 6.28. The molecule has 1 aliphatic heterocycles. The summed E-state index contributed by atoms with van der Waals surface area (Å²) in [4.78, 5) is 11.3. The highest BCUT2D eigenvalue weighted by atomic mass is 79.9. The van der Waals surface area contributed by atoms with Gasteiger partial charge in [0.1, 0.15) is 0 Å². The summed E-state index contributed by atoms with van der Waals surface area (Å²) in [7, 11) is 0. The van der Waals surface area contributed by atoms with E-state index in [-0.39, 0.29) is 11.7 Å². The van der Waals surface area contributed by atoms with Crippen molar-refractivity contribution in [1.29, 1.82) is 0 Å². The lowest BCUT2D eigenvalue weighted by molar-refractivity contribution is 0.0691. The van der Waals surface area contributed by atoms with Gasteiger partial charge in [-0.15, -0.1) is 0 Å². The van der Waals surface area contributed by atoms with Crippen LogP contribution in [-0.2, 0) is 0 Å². The van der Waals surface area contributed by atoms with E-state index < -0.39 is 5.97 Å². The zero-order valence-corrected chi connectivity index (χ0v) is 11.9. The van der Waals surface area contributed by atoms with Crippen LogP contribution >= 0.6 is 15.9 Å². The second-order valence-corrected chi connectivity index (χ2v) is 5.66. The third-order valence-electron chi connectivity index (χ3n) is 3.53. The highest BCUT2D eigenvalue weighted by Crippen LogP contribution is 2.28. The molecule has 0 aliphatic carbocycles. The summed E-state index contributed by atoms with van der Waals surface area (Å²) in [6, 6.07) is 5.95. The highest BCUT2D eigenvalue weighted by Gasteiger charge is 2.22. The van der Waals surface area contributed by atoms with E-state index in [9.17, 15) is 9.90 Å². The second-order valence-electron chi connectivity index (χ2n) is 4.74. The topological polar surface area (TPSA) is 67.1 Å². The Labute approximate surface area is 118 Å². The average Bonchev–Trinajstić information content (AvgIpc) is 2.78. The molecule has 0 amide bonds. The van der Waals surface area contributed by atoms with Gasteiger partial charge >= 0.3 is 5.97 Å². The summed E-state index contributed by atoms with van der Waals surface area (Å²) in [5.41, 5.74) is 1.03. The normalized spacial score (nSPS) is 16.9. The number of piperidine rings is 1. The molecule has 0 spiro atoms. The van der Waals surface area contributed by atoms with Gasteiger partial charge in [-0.1, -0.05) is 15.9 Å². The fourth-order valence-electron chi connectivity index (χ4n) is 2.60. The Morgan fingerprint density at radius 2 is 2.16 bits per heavy atom. The minimum absolute atomic E-state index is 0.134. The number of hydrogen-bond acceptors (Lipinski definition) is 3. The van der Waals surface area contributed by atoms with Gasteiger partial charge in [-0.2, -0.15) is 5.10 Å². The highest BCUT2D eigenvalue weighted by molar-refractivity contribution is 9.10. The summed E-state index contributed by atoms with van der Waals surface area (Å²) >= 11 is 3.38. The van der Waals surface area contributed by atoms with Gasteiger partial charge in [0.2, 0.25) is 0 Å². The van der Waals surface area contributed by atoms with Crippen molar-refractivity contribution in [2.75, 3.05) is 13.1 Å². The summed E-state index contributed by atoms with van der Waals surface area (Å²) in [6.07, 6.45) is 1.96. The van der Waals surface area contributed by atoms with Crippen LogP contribution in [0.5, 0.6) is 0 Å². The van der Waals surface area contributed by atoms with Crippen LogP contribution in [-0.4, -0.2) is 33.9 Å². The molecule has 0 atom stereocenters. The Balaban J connectivity index is 2.16. The number of carboxylic acids is 1. The molecule has 1 aromatic carbocycles. The number of hydrogen-bond donors (Lipinski definition) is 2. The third-order valence-corrected chi connectivity index (χ3v) is 4.02. The Kier molecular flexibility index (Phi) is 3.28. The maximum Gasteiger partial charge on any atom is 0.357 e. The predicted octanol–water partition coefficient (Wildman–Crippen LogP) is 2.42. The zero-order valence-electron chi connectivity index (χ0n) is 10.3. The van der Waals surface area contributed by atoms with Crippen molar-refractivity contribution in [3.63, 3.8) is 0 Å². The van der Waals surface area contributed by atoms with Gasteiger partial charge in [0.05, 0.1) is 11.6 Å². The Bertz CT molecular complexity index is 632. The molecule has 2 N–H and O–H groups in total. The van der Waals surface area contributed by atoms with Crippen LogP contribution in [0.4, 0.5) is 0 Å². The van der Waals surface area contributed by atoms with Crippen LogP contribution in [0.25, 0.3) is 10.9 Å². The van der Waals surface area contributed by atoms with E-state index >= 15 is 0 Å². The lowest BCUT2D eigenvalue weighted by Crippen LogP contribution is -2.29.